The van der Waals surface area contributed by atoms with Crippen LogP contribution in [0.15, 0.2) is 237 Å². The van der Waals surface area contributed by atoms with Crippen LogP contribution in [0.4, 0.5) is 17.1 Å². The number of fused-ring (bicyclic) bond motifs is 16. The van der Waals surface area contributed by atoms with Gasteiger partial charge in [-0.2, -0.15) is 0 Å². The van der Waals surface area contributed by atoms with E-state index in [4.69, 9.17) is 0 Å². The second-order valence-corrected chi connectivity index (χ2v) is 16.8. The minimum Gasteiger partial charge on any atom is -0.310 e. The average Bonchev–Trinajstić information content (AvgIpc) is 3.81. The summed E-state index contributed by atoms with van der Waals surface area (Å²) in [5, 5.41) is 7.60. The van der Waals surface area contributed by atoms with Crippen molar-refractivity contribution in [3.63, 3.8) is 0 Å². The van der Waals surface area contributed by atoms with Crippen LogP contribution in [0.3, 0.4) is 0 Å². The van der Waals surface area contributed by atoms with Gasteiger partial charge in [0, 0.05) is 17.1 Å². The molecule has 0 amide bonds. The lowest BCUT2D eigenvalue weighted by Crippen LogP contribution is -2.25. The Morgan fingerprint density at radius 2 is 0.597 bits per heavy atom. The fourth-order valence-electron chi connectivity index (χ4n) is 11.0. The van der Waals surface area contributed by atoms with Crippen LogP contribution in [0.5, 0.6) is 0 Å². The summed E-state index contributed by atoms with van der Waals surface area (Å²) in [5.41, 5.74) is 18.5. The van der Waals surface area contributed by atoms with Crippen LogP contribution in [-0.4, -0.2) is 0 Å². The van der Waals surface area contributed by atoms with Crippen molar-refractivity contribution in [1.29, 1.82) is 0 Å². The van der Waals surface area contributed by atoms with E-state index < -0.39 is 5.41 Å². The second kappa shape index (κ2) is 13.5. The Labute approximate surface area is 361 Å². The summed E-state index contributed by atoms with van der Waals surface area (Å²) in [7, 11) is 0. The summed E-state index contributed by atoms with van der Waals surface area (Å²) < 4.78 is 0. The van der Waals surface area contributed by atoms with Crippen molar-refractivity contribution >= 4 is 49.4 Å². The third kappa shape index (κ3) is 4.97. The highest BCUT2D eigenvalue weighted by atomic mass is 15.1. The molecule has 0 atom stereocenters. The van der Waals surface area contributed by atoms with Crippen molar-refractivity contribution in [1.82, 2.24) is 0 Å². The number of nitrogens with zero attached hydrogens (tertiary/aromatic N) is 1. The minimum atomic E-state index is -0.403. The molecule has 0 aromatic heterocycles. The molecule has 0 saturated heterocycles. The van der Waals surface area contributed by atoms with Gasteiger partial charge in [-0.3, -0.25) is 0 Å². The van der Waals surface area contributed by atoms with Gasteiger partial charge in [-0.05, 0) is 148 Å². The van der Waals surface area contributed by atoms with Crippen LogP contribution in [-0.2, 0) is 5.41 Å². The van der Waals surface area contributed by atoms with E-state index in [0.29, 0.717) is 0 Å². The van der Waals surface area contributed by atoms with Gasteiger partial charge >= 0.3 is 0 Å². The normalized spacial score (nSPS) is 13.0. The molecule has 2 aliphatic carbocycles. The fourth-order valence-corrected chi connectivity index (χ4v) is 11.0. The van der Waals surface area contributed by atoms with E-state index in [-0.39, 0.29) is 0 Å². The lowest BCUT2D eigenvalue weighted by Gasteiger charge is -2.30. The third-order valence-electron chi connectivity index (χ3n) is 13.7. The number of hydrogen-bond acceptors (Lipinski definition) is 1. The van der Waals surface area contributed by atoms with Crippen molar-refractivity contribution in [2.45, 2.75) is 5.41 Å². The maximum Gasteiger partial charge on any atom is 0.0725 e. The van der Waals surface area contributed by atoms with E-state index in [1.54, 1.807) is 0 Å². The first kappa shape index (κ1) is 34.8. The highest BCUT2D eigenvalue weighted by Crippen LogP contribution is 2.63. The molecular weight excluding hydrogens is 747 g/mol. The molecule has 288 valence electrons. The van der Waals surface area contributed by atoms with Crippen LogP contribution in [0, 0.1) is 0 Å². The smallest absolute Gasteiger partial charge is 0.0725 e. The first-order valence-corrected chi connectivity index (χ1v) is 21.6. The summed E-state index contributed by atoms with van der Waals surface area (Å²) in [5.74, 6) is 0. The van der Waals surface area contributed by atoms with E-state index in [2.05, 4.69) is 241 Å². The zero-order valence-corrected chi connectivity index (χ0v) is 34.0. The molecule has 2 aliphatic rings. The molecule has 0 unspecified atom stereocenters. The van der Waals surface area contributed by atoms with Crippen LogP contribution < -0.4 is 4.90 Å². The molecule has 62 heavy (non-hydrogen) atoms. The summed E-state index contributed by atoms with van der Waals surface area (Å²) in [4.78, 5) is 2.41. The Hall–Kier alpha value is -8.00. The number of rotatable bonds is 5. The van der Waals surface area contributed by atoms with Crippen molar-refractivity contribution in [3.8, 4) is 44.5 Å². The van der Waals surface area contributed by atoms with E-state index in [9.17, 15) is 0 Å². The molecule has 0 saturated carbocycles. The summed E-state index contributed by atoms with van der Waals surface area (Å²) in [6, 6.07) is 87.7. The fraction of sp³-hybridized carbons (Fsp3) is 0.0164. The first-order chi connectivity index (χ1) is 30.8. The molecule has 11 aromatic carbocycles. The molecule has 11 aromatic rings. The zero-order valence-electron chi connectivity index (χ0n) is 34.0. The first-order valence-electron chi connectivity index (χ1n) is 21.6. The maximum absolute atomic E-state index is 2.56. The lowest BCUT2D eigenvalue weighted by molar-refractivity contribution is 0.795. The van der Waals surface area contributed by atoms with Gasteiger partial charge in [-0.1, -0.05) is 188 Å². The molecule has 13 rings (SSSR count). The van der Waals surface area contributed by atoms with E-state index in [1.165, 1.54) is 99.1 Å². The zero-order chi connectivity index (χ0) is 40.8. The topological polar surface area (TPSA) is 3.24 Å². The maximum atomic E-state index is 2.56. The van der Waals surface area contributed by atoms with Gasteiger partial charge < -0.3 is 4.90 Å². The molecule has 0 aliphatic heterocycles. The molecule has 1 heteroatoms. The lowest BCUT2D eigenvalue weighted by atomic mass is 9.70. The number of anilines is 3. The van der Waals surface area contributed by atoms with Crippen LogP contribution in [0.1, 0.15) is 22.3 Å². The largest absolute Gasteiger partial charge is 0.310 e. The average molecular weight is 786 g/mol. The Morgan fingerprint density at radius 1 is 0.226 bits per heavy atom. The van der Waals surface area contributed by atoms with Crippen molar-refractivity contribution in [3.05, 3.63) is 259 Å². The predicted octanol–water partition coefficient (Wildman–Crippen LogP) is 16.3. The SMILES string of the molecule is c1ccc(-c2ccc(N(c3ccc(-c4ccccc4)cc3)c3ccc4c(c3)c3ccccc3c3cc5c(cc43)C3(c4ccccc4-c4ccccc43)c3ccccc3-5)cc2)cc1. The van der Waals surface area contributed by atoms with Gasteiger partial charge in [0.1, 0.15) is 0 Å². The van der Waals surface area contributed by atoms with Gasteiger partial charge in [-0.25, -0.2) is 0 Å². The van der Waals surface area contributed by atoms with Gasteiger partial charge in [-0.15, -0.1) is 0 Å². The van der Waals surface area contributed by atoms with E-state index >= 15 is 0 Å². The van der Waals surface area contributed by atoms with Crippen LogP contribution in [0.25, 0.3) is 76.8 Å². The standard InChI is InChI=1S/C61H39N/c1-3-15-40(16-4-1)42-27-31-44(32-28-42)62(45-33-29-43(30-34-45)41-17-5-2-6-18-41)46-35-36-49-53(37-46)47-19-7-8-20-48(47)54-38-56-52-23-11-14-26-59(52)61(60(56)39-55(49)54)57-24-12-9-21-50(57)51-22-10-13-25-58(51)61/h1-39H. The van der Waals surface area contributed by atoms with Crippen LogP contribution in [0.2, 0.25) is 0 Å². The highest BCUT2D eigenvalue weighted by molar-refractivity contribution is 6.27. The molecule has 0 heterocycles. The van der Waals surface area contributed by atoms with Crippen molar-refractivity contribution < 1.29 is 0 Å². The summed E-state index contributed by atoms with van der Waals surface area (Å²) in [6.07, 6.45) is 0. The minimum absolute atomic E-state index is 0.403. The third-order valence-corrected chi connectivity index (χ3v) is 13.7. The van der Waals surface area contributed by atoms with Crippen molar-refractivity contribution in [2.24, 2.45) is 0 Å². The number of hydrogen-bond donors (Lipinski definition) is 0. The van der Waals surface area contributed by atoms with Gasteiger partial charge in [0.15, 0.2) is 0 Å². The van der Waals surface area contributed by atoms with Crippen LogP contribution >= 0.6 is 0 Å². The number of benzene rings is 11. The Bertz CT molecular complexity index is 3420. The Balaban J connectivity index is 1.05. The molecule has 1 spiro atoms. The second-order valence-electron chi connectivity index (χ2n) is 16.8. The predicted molar refractivity (Wildman–Crippen MR) is 261 cm³/mol. The quantitative estimate of drug-likeness (QED) is 0.157. The van der Waals surface area contributed by atoms with Gasteiger partial charge in [0.05, 0.1) is 5.41 Å². The highest BCUT2D eigenvalue weighted by Gasteiger charge is 2.51. The Morgan fingerprint density at radius 3 is 1.11 bits per heavy atom. The van der Waals surface area contributed by atoms with E-state index in [1.807, 2.05) is 0 Å². The van der Waals surface area contributed by atoms with Crippen molar-refractivity contribution in [2.75, 3.05) is 4.90 Å². The van der Waals surface area contributed by atoms with E-state index in [0.717, 1.165) is 17.1 Å². The molecule has 0 N–H and O–H groups in total. The molecule has 0 bridgehead atoms. The molecule has 0 radical (unpaired) electrons. The van der Waals surface area contributed by atoms with Gasteiger partial charge in [0.25, 0.3) is 0 Å². The monoisotopic (exact) mass is 785 g/mol. The van der Waals surface area contributed by atoms with Gasteiger partial charge in [0.2, 0.25) is 0 Å². The molecule has 1 nitrogen and oxygen atoms in total. The Kier molecular flexibility index (Phi) is 7.59. The molecule has 0 fully saturated rings. The molecular formula is C61H39N. The summed E-state index contributed by atoms with van der Waals surface area (Å²) in [6.45, 7) is 0. The summed E-state index contributed by atoms with van der Waals surface area (Å²) >= 11 is 0.